The molecule has 1 aliphatic rings. The number of hydrogen-bond donors (Lipinski definition) is 2. The van der Waals surface area contributed by atoms with E-state index in [1.54, 1.807) is 18.0 Å². The Hall–Kier alpha value is -1.24. The number of unbranched alkanes of at least 4 members (excludes halogenated alkanes) is 2. The predicted octanol–water partition coefficient (Wildman–Crippen LogP) is 5.59. The first-order valence-electron chi connectivity index (χ1n) is 11.0. The standard InChI is InChI=1S/C23H37FN2O2S/c1-3-14-28-22-16-19(11-12-21(22)24)17-26-29-15-7-5-6-13-25-18-23(27-4-2)20-9-8-10-20/h11-12,16,25-26H,3-10,13-15,17-18H2,1-2H3. The summed E-state index contributed by atoms with van der Waals surface area (Å²) in [5.41, 5.74) is 2.55. The molecule has 2 rings (SSSR count). The molecule has 0 heterocycles. The van der Waals surface area contributed by atoms with Crippen molar-refractivity contribution >= 4 is 11.9 Å². The third-order valence-corrected chi connectivity index (χ3v) is 5.73. The summed E-state index contributed by atoms with van der Waals surface area (Å²) in [7, 11) is 0. The van der Waals surface area contributed by atoms with Crippen LogP contribution in [-0.2, 0) is 11.3 Å². The van der Waals surface area contributed by atoms with Crippen LogP contribution in [0.15, 0.2) is 29.5 Å². The predicted molar refractivity (Wildman–Crippen MR) is 121 cm³/mol. The van der Waals surface area contributed by atoms with Crippen molar-refractivity contribution in [1.82, 2.24) is 10.0 Å². The molecule has 1 saturated carbocycles. The molecule has 0 spiro atoms. The molecule has 0 atom stereocenters. The van der Waals surface area contributed by atoms with E-state index in [0.29, 0.717) is 18.9 Å². The molecule has 6 heteroatoms. The van der Waals surface area contributed by atoms with Crippen molar-refractivity contribution in [3.05, 3.63) is 40.9 Å². The van der Waals surface area contributed by atoms with Gasteiger partial charge < -0.3 is 14.8 Å². The van der Waals surface area contributed by atoms with Gasteiger partial charge in [-0.1, -0.05) is 31.4 Å². The summed E-state index contributed by atoms with van der Waals surface area (Å²) in [4.78, 5) is 0. The number of nitrogens with one attached hydrogen (secondary N) is 2. The van der Waals surface area contributed by atoms with Crippen LogP contribution in [-0.4, -0.2) is 32.1 Å². The van der Waals surface area contributed by atoms with Crippen molar-refractivity contribution < 1.29 is 13.9 Å². The average Bonchev–Trinajstić information content (AvgIpc) is 2.68. The molecule has 0 amide bonds. The Labute approximate surface area is 180 Å². The van der Waals surface area contributed by atoms with Gasteiger partial charge in [0, 0.05) is 12.3 Å². The van der Waals surface area contributed by atoms with Crippen LogP contribution in [0.3, 0.4) is 0 Å². The van der Waals surface area contributed by atoms with Crippen molar-refractivity contribution in [1.29, 1.82) is 0 Å². The Bertz CT molecular complexity index is 619. The van der Waals surface area contributed by atoms with E-state index in [0.717, 1.165) is 37.4 Å². The first kappa shape index (κ1) is 24.0. The molecule has 1 fully saturated rings. The van der Waals surface area contributed by atoms with Crippen LogP contribution in [0.25, 0.3) is 0 Å². The second kappa shape index (κ2) is 14.7. The number of benzene rings is 1. The molecule has 1 aromatic rings. The molecule has 0 radical (unpaired) electrons. The highest BCUT2D eigenvalue weighted by atomic mass is 32.2. The summed E-state index contributed by atoms with van der Waals surface area (Å²) < 4.78 is 28.3. The monoisotopic (exact) mass is 424 g/mol. The van der Waals surface area contributed by atoms with E-state index in [1.165, 1.54) is 55.9 Å². The number of allylic oxidation sites excluding steroid dienone is 1. The normalized spacial score (nSPS) is 13.3. The van der Waals surface area contributed by atoms with Crippen molar-refractivity contribution in [2.45, 2.75) is 65.3 Å². The molecule has 0 saturated heterocycles. The molecule has 1 aromatic carbocycles. The van der Waals surface area contributed by atoms with E-state index in [4.69, 9.17) is 9.47 Å². The van der Waals surface area contributed by atoms with Crippen molar-refractivity contribution in [3.8, 4) is 5.75 Å². The van der Waals surface area contributed by atoms with E-state index < -0.39 is 0 Å². The Morgan fingerprint density at radius 2 is 2.03 bits per heavy atom. The molecule has 0 aromatic heterocycles. The maximum atomic E-state index is 13.7. The lowest BCUT2D eigenvalue weighted by Gasteiger charge is -2.22. The molecule has 4 nitrogen and oxygen atoms in total. The molecule has 29 heavy (non-hydrogen) atoms. The van der Waals surface area contributed by atoms with E-state index in [2.05, 4.69) is 17.0 Å². The molecule has 0 bridgehead atoms. The van der Waals surface area contributed by atoms with Crippen LogP contribution in [0.1, 0.15) is 64.4 Å². The summed E-state index contributed by atoms with van der Waals surface area (Å²) >= 11 is 1.73. The summed E-state index contributed by atoms with van der Waals surface area (Å²) in [6.07, 6.45) is 8.20. The molecule has 0 aliphatic heterocycles. The van der Waals surface area contributed by atoms with Gasteiger partial charge in [0.25, 0.3) is 0 Å². The quantitative estimate of drug-likeness (QED) is 0.206. The van der Waals surface area contributed by atoms with Crippen LogP contribution >= 0.6 is 11.9 Å². The second-order valence-corrected chi connectivity index (χ2v) is 8.32. The number of rotatable bonds is 16. The fourth-order valence-corrected chi connectivity index (χ4v) is 3.84. The summed E-state index contributed by atoms with van der Waals surface area (Å²) in [5, 5.41) is 3.52. The van der Waals surface area contributed by atoms with Crippen molar-refractivity contribution in [2.24, 2.45) is 0 Å². The van der Waals surface area contributed by atoms with Crippen LogP contribution in [0, 0.1) is 5.82 Å². The van der Waals surface area contributed by atoms with Gasteiger partial charge in [0.1, 0.15) is 5.76 Å². The summed E-state index contributed by atoms with van der Waals surface area (Å²) in [6, 6.07) is 5.08. The zero-order valence-electron chi connectivity index (χ0n) is 18.0. The van der Waals surface area contributed by atoms with Gasteiger partial charge >= 0.3 is 0 Å². The van der Waals surface area contributed by atoms with Crippen molar-refractivity contribution in [3.63, 3.8) is 0 Å². The minimum absolute atomic E-state index is 0.291. The van der Waals surface area contributed by atoms with Gasteiger partial charge in [-0.2, -0.15) is 0 Å². The Morgan fingerprint density at radius 1 is 1.17 bits per heavy atom. The van der Waals surface area contributed by atoms with E-state index in [1.807, 2.05) is 13.0 Å². The molecular weight excluding hydrogens is 387 g/mol. The van der Waals surface area contributed by atoms with Gasteiger partial charge in [-0.3, -0.25) is 4.72 Å². The van der Waals surface area contributed by atoms with Gasteiger partial charge in [0.2, 0.25) is 0 Å². The topological polar surface area (TPSA) is 42.5 Å². The highest BCUT2D eigenvalue weighted by Crippen LogP contribution is 2.28. The first-order chi connectivity index (χ1) is 14.2. The van der Waals surface area contributed by atoms with Crippen molar-refractivity contribution in [2.75, 3.05) is 32.1 Å². The van der Waals surface area contributed by atoms with Crippen LogP contribution < -0.4 is 14.8 Å². The van der Waals surface area contributed by atoms with Gasteiger partial charge in [-0.05, 0) is 75.3 Å². The third-order valence-electron chi connectivity index (χ3n) is 4.89. The van der Waals surface area contributed by atoms with E-state index >= 15 is 0 Å². The fourth-order valence-electron chi connectivity index (χ4n) is 3.07. The molecular formula is C23H37FN2O2S. The minimum Gasteiger partial charge on any atom is -0.497 e. The molecule has 1 aliphatic carbocycles. The summed E-state index contributed by atoms with van der Waals surface area (Å²) in [6.45, 7) is 8.00. The number of hydrogen-bond acceptors (Lipinski definition) is 5. The minimum atomic E-state index is -0.291. The number of ether oxygens (including phenoxy) is 2. The van der Waals surface area contributed by atoms with E-state index in [-0.39, 0.29) is 5.82 Å². The molecule has 164 valence electrons. The zero-order chi connectivity index (χ0) is 20.7. The zero-order valence-corrected chi connectivity index (χ0v) is 18.8. The fraction of sp³-hybridized carbons (Fsp3) is 0.652. The lowest BCUT2D eigenvalue weighted by atomic mass is 9.91. The SMILES string of the molecule is CCCOc1cc(CNSCCCCCNCC(OCC)=C2CCC2)ccc1F. The second-order valence-electron chi connectivity index (χ2n) is 7.33. The smallest absolute Gasteiger partial charge is 0.165 e. The van der Waals surface area contributed by atoms with Crippen LogP contribution in [0.5, 0.6) is 5.75 Å². The van der Waals surface area contributed by atoms with Gasteiger partial charge in [0.15, 0.2) is 11.6 Å². The lowest BCUT2D eigenvalue weighted by Crippen LogP contribution is -2.22. The van der Waals surface area contributed by atoms with Crippen LogP contribution in [0.2, 0.25) is 0 Å². The average molecular weight is 425 g/mol. The summed E-state index contributed by atoms with van der Waals surface area (Å²) in [5.74, 6) is 2.32. The third kappa shape index (κ3) is 9.41. The number of halogens is 1. The Kier molecular flexibility index (Phi) is 12.2. The van der Waals surface area contributed by atoms with Gasteiger partial charge in [-0.25, -0.2) is 4.39 Å². The first-order valence-corrected chi connectivity index (χ1v) is 12.0. The Balaban J connectivity index is 1.48. The maximum absolute atomic E-state index is 13.7. The largest absolute Gasteiger partial charge is 0.497 e. The maximum Gasteiger partial charge on any atom is 0.165 e. The van der Waals surface area contributed by atoms with Gasteiger partial charge in [-0.15, -0.1) is 0 Å². The van der Waals surface area contributed by atoms with E-state index in [9.17, 15) is 4.39 Å². The Morgan fingerprint density at radius 3 is 2.76 bits per heavy atom. The van der Waals surface area contributed by atoms with Crippen LogP contribution in [0.4, 0.5) is 4.39 Å². The lowest BCUT2D eigenvalue weighted by molar-refractivity contribution is 0.211. The highest BCUT2D eigenvalue weighted by Gasteiger charge is 2.15. The highest BCUT2D eigenvalue weighted by molar-refractivity contribution is 7.97. The molecule has 2 N–H and O–H groups in total. The van der Waals surface area contributed by atoms with Gasteiger partial charge in [0.05, 0.1) is 19.8 Å². The molecule has 0 unspecified atom stereocenters.